The van der Waals surface area contributed by atoms with Crippen molar-refractivity contribution in [2.45, 2.75) is 19.8 Å². The van der Waals surface area contributed by atoms with Crippen molar-refractivity contribution in [3.63, 3.8) is 0 Å². The Morgan fingerprint density at radius 2 is 1.81 bits per heavy atom. The Morgan fingerprint density at radius 1 is 1.14 bits per heavy atom. The predicted octanol–water partition coefficient (Wildman–Crippen LogP) is 2.00. The number of hydrogen-bond donors (Lipinski definition) is 2. The first-order valence-electron chi connectivity index (χ1n) is 7.00. The Balaban J connectivity index is 0.00000400. The van der Waals surface area contributed by atoms with Gasteiger partial charge in [0, 0.05) is 19.5 Å². The highest BCUT2D eigenvalue weighted by Gasteiger charge is 2.01. The van der Waals surface area contributed by atoms with Crippen LogP contribution in [-0.4, -0.2) is 39.3 Å². The van der Waals surface area contributed by atoms with Crippen molar-refractivity contribution in [1.29, 1.82) is 0 Å². The summed E-state index contributed by atoms with van der Waals surface area (Å²) in [6, 6.07) is 7.41. The highest BCUT2D eigenvalue weighted by molar-refractivity contribution is 5.85. The molecule has 0 unspecified atom stereocenters. The van der Waals surface area contributed by atoms with Crippen LogP contribution in [0, 0.1) is 0 Å². The van der Waals surface area contributed by atoms with Crippen LogP contribution in [0.3, 0.4) is 0 Å². The fourth-order valence-electron chi connectivity index (χ4n) is 1.65. The van der Waals surface area contributed by atoms with Crippen LogP contribution in [0.4, 0.5) is 0 Å². The molecule has 1 aromatic rings. The fourth-order valence-corrected chi connectivity index (χ4v) is 1.65. The number of amides is 1. The Hall–Kier alpha value is -1.46. The molecule has 0 heterocycles. The molecule has 0 saturated heterocycles. The van der Waals surface area contributed by atoms with E-state index in [1.54, 1.807) is 7.11 Å². The predicted molar refractivity (Wildman–Crippen MR) is 86.5 cm³/mol. The topological polar surface area (TPSA) is 59.6 Å². The van der Waals surface area contributed by atoms with Gasteiger partial charge in [-0.1, -0.05) is 6.92 Å². The summed E-state index contributed by atoms with van der Waals surface area (Å²) in [7, 11) is 1.63. The molecule has 0 spiro atoms. The number of hydrogen-bond acceptors (Lipinski definition) is 4. The van der Waals surface area contributed by atoms with Crippen molar-refractivity contribution in [2.24, 2.45) is 0 Å². The van der Waals surface area contributed by atoms with E-state index in [0.29, 0.717) is 26.0 Å². The molecule has 5 nitrogen and oxygen atoms in total. The van der Waals surface area contributed by atoms with Gasteiger partial charge in [0.25, 0.3) is 0 Å². The van der Waals surface area contributed by atoms with Gasteiger partial charge in [-0.05, 0) is 37.2 Å². The van der Waals surface area contributed by atoms with Gasteiger partial charge < -0.3 is 20.1 Å². The lowest BCUT2D eigenvalue weighted by Gasteiger charge is -2.08. The Morgan fingerprint density at radius 3 is 2.43 bits per heavy atom. The lowest BCUT2D eigenvalue weighted by Crippen LogP contribution is -2.31. The first-order chi connectivity index (χ1) is 9.76. The van der Waals surface area contributed by atoms with Gasteiger partial charge in [-0.15, -0.1) is 12.4 Å². The zero-order valence-corrected chi connectivity index (χ0v) is 13.5. The first kappa shape index (κ1) is 19.5. The van der Waals surface area contributed by atoms with Gasteiger partial charge in [0.15, 0.2) is 0 Å². The van der Waals surface area contributed by atoms with E-state index in [9.17, 15) is 4.79 Å². The molecule has 0 saturated carbocycles. The number of carbonyl (C=O) groups excluding carboxylic acids is 1. The second-order valence-corrected chi connectivity index (χ2v) is 4.33. The van der Waals surface area contributed by atoms with Crippen LogP contribution in [0.1, 0.15) is 19.8 Å². The molecular formula is C15H25ClN2O3. The van der Waals surface area contributed by atoms with Crippen LogP contribution in [0.5, 0.6) is 11.5 Å². The maximum absolute atomic E-state index is 11.5. The second-order valence-electron chi connectivity index (χ2n) is 4.33. The maximum Gasteiger partial charge on any atom is 0.220 e. The molecule has 21 heavy (non-hydrogen) atoms. The third-order valence-electron chi connectivity index (χ3n) is 2.75. The van der Waals surface area contributed by atoms with Crippen molar-refractivity contribution in [1.82, 2.24) is 10.6 Å². The molecule has 6 heteroatoms. The summed E-state index contributed by atoms with van der Waals surface area (Å²) in [4.78, 5) is 11.5. The molecule has 1 aromatic carbocycles. The van der Waals surface area contributed by atoms with Gasteiger partial charge in [0.1, 0.15) is 11.5 Å². The first-order valence-corrected chi connectivity index (χ1v) is 7.00. The van der Waals surface area contributed by atoms with E-state index in [1.165, 1.54) is 0 Å². The number of ether oxygens (including phenoxy) is 2. The summed E-state index contributed by atoms with van der Waals surface area (Å²) in [6.07, 6.45) is 1.20. The molecule has 0 aliphatic heterocycles. The monoisotopic (exact) mass is 316 g/mol. The van der Waals surface area contributed by atoms with Crippen molar-refractivity contribution >= 4 is 18.3 Å². The summed E-state index contributed by atoms with van der Waals surface area (Å²) in [5.41, 5.74) is 0. The molecule has 0 aliphatic rings. The van der Waals surface area contributed by atoms with E-state index >= 15 is 0 Å². The number of carbonyl (C=O) groups is 1. The third-order valence-corrected chi connectivity index (χ3v) is 2.75. The average Bonchev–Trinajstić information content (AvgIpc) is 2.49. The van der Waals surface area contributed by atoms with Crippen LogP contribution in [0.2, 0.25) is 0 Å². The van der Waals surface area contributed by atoms with Gasteiger partial charge in [-0.2, -0.15) is 0 Å². The summed E-state index contributed by atoms with van der Waals surface area (Å²) in [5, 5.41) is 6.01. The smallest absolute Gasteiger partial charge is 0.220 e. The van der Waals surface area contributed by atoms with Crippen LogP contribution in [0.15, 0.2) is 24.3 Å². The molecule has 0 atom stereocenters. The zero-order valence-electron chi connectivity index (χ0n) is 12.7. The van der Waals surface area contributed by atoms with Crippen molar-refractivity contribution in [3.8, 4) is 11.5 Å². The number of halogens is 1. The van der Waals surface area contributed by atoms with E-state index in [-0.39, 0.29) is 18.3 Å². The molecular weight excluding hydrogens is 292 g/mol. The quantitative estimate of drug-likeness (QED) is 0.648. The van der Waals surface area contributed by atoms with E-state index in [0.717, 1.165) is 24.6 Å². The molecule has 120 valence electrons. The van der Waals surface area contributed by atoms with Gasteiger partial charge in [-0.25, -0.2) is 0 Å². The average molecular weight is 317 g/mol. The van der Waals surface area contributed by atoms with Gasteiger partial charge in [0.2, 0.25) is 5.91 Å². The van der Waals surface area contributed by atoms with Crippen molar-refractivity contribution in [2.75, 3.05) is 33.4 Å². The molecule has 1 rings (SSSR count). The second kappa shape index (κ2) is 12.3. The van der Waals surface area contributed by atoms with E-state index in [1.807, 2.05) is 31.2 Å². The lowest BCUT2D eigenvalue weighted by atomic mass is 10.3. The Bertz CT molecular complexity index is 385. The summed E-state index contributed by atoms with van der Waals surface area (Å²) in [5.74, 6) is 1.66. The van der Waals surface area contributed by atoms with Gasteiger partial charge in [0.05, 0.1) is 13.7 Å². The minimum atomic E-state index is 0. The highest BCUT2D eigenvalue weighted by Crippen LogP contribution is 2.17. The summed E-state index contributed by atoms with van der Waals surface area (Å²) >= 11 is 0. The standard InChI is InChI=1S/C15H24N2O3.ClH/c1-3-16-10-11-17-15(18)5-4-12-20-14-8-6-13(19-2)7-9-14;/h6-9,16H,3-5,10-12H2,1-2H3,(H,17,18);1H. The van der Waals surface area contributed by atoms with E-state index in [4.69, 9.17) is 9.47 Å². The molecule has 0 aliphatic carbocycles. The molecule has 0 fully saturated rings. The van der Waals surface area contributed by atoms with Crippen LogP contribution in [0.25, 0.3) is 0 Å². The van der Waals surface area contributed by atoms with Gasteiger partial charge in [-0.3, -0.25) is 4.79 Å². The lowest BCUT2D eigenvalue weighted by molar-refractivity contribution is -0.121. The number of rotatable bonds is 10. The molecule has 0 radical (unpaired) electrons. The highest BCUT2D eigenvalue weighted by atomic mass is 35.5. The van der Waals surface area contributed by atoms with Gasteiger partial charge >= 0.3 is 0 Å². The minimum absolute atomic E-state index is 0. The minimum Gasteiger partial charge on any atom is -0.497 e. The number of methoxy groups -OCH3 is 1. The Kier molecular flexibility index (Phi) is 11.4. The fraction of sp³-hybridized carbons (Fsp3) is 0.533. The molecule has 1 amide bonds. The molecule has 0 aromatic heterocycles. The largest absolute Gasteiger partial charge is 0.497 e. The number of benzene rings is 1. The zero-order chi connectivity index (χ0) is 14.6. The normalized spacial score (nSPS) is 9.62. The number of likely N-dealkylation sites (N-methyl/N-ethyl adjacent to an activating group) is 1. The SMILES string of the molecule is CCNCCNC(=O)CCCOc1ccc(OC)cc1.Cl. The van der Waals surface area contributed by atoms with Crippen LogP contribution >= 0.6 is 12.4 Å². The van der Waals surface area contributed by atoms with E-state index in [2.05, 4.69) is 10.6 Å². The van der Waals surface area contributed by atoms with Crippen LogP contribution in [-0.2, 0) is 4.79 Å². The molecule has 2 N–H and O–H groups in total. The van der Waals surface area contributed by atoms with E-state index < -0.39 is 0 Å². The molecule has 0 bridgehead atoms. The van der Waals surface area contributed by atoms with Crippen molar-refractivity contribution in [3.05, 3.63) is 24.3 Å². The summed E-state index contributed by atoms with van der Waals surface area (Å²) < 4.78 is 10.6. The third kappa shape index (κ3) is 9.15. The maximum atomic E-state index is 11.5. The van der Waals surface area contributed by atoms with Crippen molar-refractivity contribution < 1.29 is 14.3 Å². The number of nitrogens with one attached hydrogen (secondary N) is 2. The van der Waals surface area contributed by atoms with Crippen LogP contribution < -0.4 is 20.1 Å². The summed E-state index contributed by atoms with van der Waals surface area (Å²) in [6.45, 7) is 4.98. The Labute approximate surface area is 132 Å².